The molecule has 0 saturated carbocycles. The molecule has 0 radical (unpaired) electrons. The molecule has 26 heavy (non-hydrogen) atoms. The zero-order valence-electron chi connectivity index (χ0n) is 15.5. The number of ether oxygens (including phenoxy) is 1. The standard InChI is InChI=1S/C18H25N5O2S/c1-4-25-17(24)15-6-5-9-21(11-15)12-22-18(26)23(20-19-22)16-8-7-13(2)10-14(16)3/h7-8,10,15H,4-6,9,11-12H2,1-3H3/t15-/m1/s1. The highest BCUT2D eigenvalue weighted by atomic mass is 32.1. The summed E-state index contributed by atoms with van der Waals surface area (Å²) in [5.74, 6) is -0.188. The van der Waals surface area contributed by atoms with Gasteiger partial charge in [-0.15, -0.1) is 0 Å². The lowest BCUT2D eigenvalue weighted by atomic mass is 9.99. The maximum absolute atomic E-state index is 12.0. The van der Waals surface area contributed by atoms with E-state index >= 15 is 0 Å². The minimum atomic E-state index is -0.111. The second-order valence-corrected chi connectivity index (χ2v) is 7.14. The Labute approximate surface area is 158 Å². The normalized spacial score (nSPS) is 18.0. The van der Waals surface area contributed by atoms with Crippen LogP contribution in [0.4, 0.5) is 0 Å². The van der Waals surface area contributed by atoms with Crippen LogP contribution in [-0.4, -0.2) is 50.4 Å². The SMILES string of the molecule is CCOC(=O)[C@@H]1CCCN(Cn2nnn(-c3ccc(C)cc3C)c2=S)C1. The molecule has 7 nitrogen and oxygen atoms in total. The van der Waals surface area contributed by atoms with Crippen LogP contribution in [0.5, 0.6) is 0 Å². The molecular formula is C18H25N5O2S. The highest BCUT2D eigenvalue weighted by Gasteiger charge is 2.27. The molecule has 0 unspecified atom stereocenters. The zero-order valence-corrected chi connectivity index (χ0v) is 16.3. The van der Waals surface area contributed by atoms with Crippen LogP contribution in [0.3, 0.4) is 0 Å². The molecule has 0 aliphatic carbocycles. The van der Waals surface area contributed by atoms with Gasteiger partial charge >= 0.3 is 5.97 Å². The topological polar surface area (TPSA) is 65.2 Å². The Bertz CT molecular complexity index is 844. The van der Waals surface area contributed by atoms with Crippen LogP contribution in [-0.2, 0) is 16.2 Å². The van der Waals surface area contributed by atoms with Gasteiger partial charge in [0.25, 0.3) is 0 Å². The first-order valence-electron chi connectivity index (χ1n) is 8.99. The Morgan fingerprint density at radius 2 is 2.15 bits per heavy atom. The predicted octanol–water partition coefficient (Wildman–Crippen LogP) is 2.65. The van der Waals surface area contributed by atoms with Gasteiger partial charge in [0.1, 0.15) is 0 Å². The molecule has 2 aromatic rings. The lowest BCUT2D eigenvalue weighted by Gasteiger charge is -2.30. The Morgan fingerprint density at radius 1 is 1.35 bits per heavy atom. The second-order valence-electron chi connectivity index (χ2n) is 6.77. The molecule has 0 N–H and O–H groups in total. The maximum atomic E-state index is 12.0. The highest BCUT2D eigenvalue weighted by Crippen LogP contribution is 2.19. The summed E-state index contributed by atoms with van der Waals surface area (Å²) in [7, 11) is 0. The van der Waals surface area contributed by atoms with Gasteiger partial charge in [-0.05, 0) is 74.4 Å². The van der Waals surface area contributed by atoms with Crippen molar-refractivity contribution in [2.75, 3.05) is 19.7 Å². The molecule has 0 amide bonds. The summed E-state index contributed by atoms with van der Waals surface area (Å²) in [6.07, 6.45) is 1.83. The lowest BCUT2D eigenvalue weighted by Crippen LogP contribution is -2.40. The summed E-state index contributed by atoms with van der Waals surface area (Å²) >= 11 is 5.57. The van der Waals surface area contributed by atoms with Crippen molar-refractivity contribution in [3.8, 4) is 5.69 Å². The van der Waals surface area contributed by atoms with Gasteiger partial charge in [-0.2, -0.15) is 4.68 Å². The quantitative estimate of drug-likeness (QED) is 0.591. The summed E-state index contributed by atoms with van der Waals surface area (Å²) in [5.41, 5.74) is 3.24. The fourth-order valence-electron chi connectivity index (χ4n) is 3.38. The molecule has 1 aliphatic rings. The average molecular weight is 375 g/mol. The number of tetrazole rings is 1. The number of benzene rings is 1. The fourth-order valence-corrected chi connectivity index (χ4v) is 3.61. The number of likely N-dealkylation sites (tertiary alicyclic amines) is 1. The Morgan fingerprint density at radius 3 is 2.88 bits per heavy atom. The monoisotopic (exact) mass is 375 g/mol. The van der Waals surface area contributed by atoms with E-state index in [-0.39, 0.29) is 11.9 Å². The van der Waals surface area contributed by atoms with E-state index < -0.39 is 0 Å². The first-order chi connectivity index (χ1) is 12.5. The number of nitrogens with zero attached hydrogens (tertiary/aromatic N) is 5. The van der Waals surface area contributed by atoms with E-state index in [9.17, 15) is 4.79 Å². The molecule has 3 rings (SSSR count). The van der Waals surface area contributed by atoms with Crippen molar-refractivity contribution in [2.24, 2.45) is 5.92 Å². The predicted molar refractivity (Wildman–Crippen MR) is 101 cm³/mol. The van der Waals surface area contributed by atoms with E-state index in [0.29, 0.717) is 24.6 Å². The van der Waals surface area contributed by atoms with Crippen molar-refractivity contribution in [1.29, 1.82) is 0 Å². The minimum Gasteiger partial charge on any atom is -0.466 e. The van der Waals surface area contributed by atoms with Crippen molar-refractivity contribution in [3.05, 3.63) is 34.1 Å². The second kappa shape index (κ2) is 8.09. The first-order valence-corrected chi connectivity index (χ1v) is 9.40. The zero-order chi connectivity index (χ0) is 18.7. The van der Waals surface area contributed by atoms with E-state index in [4.69, 9.17) is 17.0 Å². The molecule has 8 heteroatoms. The molecule has 1 saturated heterocycles. The van der Waals surface area contributed by atoms with E-state index in [1.807, 2.05) is 26.0 Å². The van der Waals surface area contributed by atoms with Crippen LogP contribution in [0.2, 0.25) is 0 Å². The Kier molecular flexibility index (Phi) is 5.83. The smallest absolute Gasteiger partial charge is 0.310 e. The molecular weight excluding hydrogens is 350 g/mol. The van der Waals surface area contributed by atoms with Crippen molar-refractivity contribution in [1.82, 2.24) is 24.7 Å². The molecule has 1 aliphatic heterocycles. The number of hydrogen-bond acceptors (Lipinski definition) is 6. The molecule has 1 atom stereocenters. The van der Waals surface area contributed by atoms with Crippen molar-refractivity contribution < 1.29 is 9.53 Å². The summed E-state index contributed by atoms with van der Waals surface area (Å²) < 4.78 is 9.12. The third kappa shape index (κ3) is 4.02. The number of rotatable bonds is 5. The van der Waals surface area contributed by atoms with Crippen molar-refractivity contribution >= 4 is 18.2 Å². The van der Waals surface area contributed by atoms with Gasteiger partial charge < -0.3 is 4.74 Å². The minimum absolute atomic E-state index is 0.0766. The average Bonchev–Trinajstić information content (AvgIpc) is 2.96. The summed E-state index contributed by atoms with van der Waals surface area (Å²) in [5, 5.41) is 8.46. The molecule has 140 valence electrons. The van der Waals surface area contributed by atoms with E-state index in [2.05, 4.69) is 28.3 Å². The number of carbonyl (C=O) groups excluding carboxylic acids is 1. The fraction of sp³-hybridized carbons (Fsp3) is 0.556. The first kappa shape index (κ1) is 18.7. The third-order valence-corrected chi connectivity index (χ3v) is 5.06. The van der Waals surface area contributed by atoms with Crippen LogP contribution in [0, 0.1) is 24.5 Å². The summed E-state index contributed by atoms with van der Waals surface area (Å²) in [6, 6.07) is 6.15. The van der Waals surface area contributed by atoms with Crippen LogP contribution in [0.25, 0.3) is 5.69 Å². The van der Waals surface area contributed by atoms with Gasteiger partial charge in [0.05, 0.1) is 24.9 Å². The molecule has 1 aromatic heterocycles. The van der Waals surface area contributed by atoms with E-state index in [1.54, 1.807) is 9.36 Å². The van der Waals surface area contributed by atoms with Gasteiger partial charge in [0, 0.05) is 6.54 Å². The van der Waals surface area contributed by atoms with Gasteiger partial charge in [-0.1, -0.05) is 17.7 Å². The number of piperidine rings is 1. The van der Waals surface area contributed by atoms with Gasteiger partial charge in [-0.3, -0.25) is 9.69 Å². The molecule has 2 heterocycles. The lowest BCUT2D eigenvalue weighted by molar-refractivity contribution is -0.150. The number of carbonyl (C=O) groups is 1. The van der Waals surface area contributed by atoms with E-state index in [1.165, 1.54) is 5.56 Å². The number of aryl methyl sites for hydroxylation is 2. The largest absolute Gasteiger partial charge is 0.466 e. The van der Waals surface area contributed by atoms with Crippen LogP contribution in [0.1, 0.15) is 30.9 Å². The maximum Gasteiger partial charge on any atom is 0.310 e. The van der Waals surface area contributed by atoms with Crippen LogP contribution >= 0.6 is 12.2 Å². The van der Waals surface area contributed by atoms with Crippen LogP contribution in [0.15, 0.2) is 18.2 Å². The molecule has 0 bridgehead atoms. The molecule has 1 fully saturated rings. The third-order valence-electron chi connectivity index (χ3n) is 4.68. The molecule has 0 spiro atoms. The Balaban J connectivity index is 1.74. The molecule has 1 aromatic carbocycles. The van der Waals surface area contributed by atoms with Crippen molar-refractivity contribution in [2.45, 2.75) is 40.3 Å². The van der Waals surface area contributed by atoms with Gasteiger partial charge in [0.15, 0.2) is 0 Å². The van der Waals surface area contributed by atoms with E-state index in [0.717, 1.165) is 30.6 Å². The van der Waals surface area contributed by atoms with Gasteiger partial charge in [-0.25, -0.2) is 4.68 Å². The van der Waals surface area contributed by atoms with Crippen LogP contribution < -0.4 is 0 Å². The Hall–Kier alpha value is -2.06. The number of aromatic nitrogens is 4. The summed E-state index contributed by atoms with van der Waals surface area (Å²) in [4.78, 5) is 14.2. The van der Waals surface area contributed by atoms with Gasteiger partial charge in [0.2, 0.25) is 4.77 Å². The number of hydrogen-bond donors (Lipinski definition) is 0. The highest BCUT2D eigenvalue weighted by molar-refractivity contribution is 7.71. The summed E-state index contributed by atoms with van der Waals surface area (Å²) in [6.45, 7) is 8.46. The van der Waals surface area contributed by atoms with Crippen molar-refractivity contribution in [3.63, 3.8) is 0 Å². The number of esters is 1.